The fourth-order valence-electron chi connectivity index (χ4n) is 3.06. The highest BCUT2D eigenvalue weighted by Gasteiger charge is 2.26. The summed E-state index contributed by atoms with van der Waals surface area (Å²) in [5.41, 5.74) is 6.24. The molecule has 1 aliphatic heterocycles. The van der Waals surface area contributed by atoms with Crippen molar-refractivity contribution in [2.75, 3.05) is 26.3 Å². The lowest BCUT2D eigenvalue weighted by molar-refractivity contribution is 0.0533. The maximum atomic E-state index is 12.5. The molecule has 8 heteroatoms. The first-order valence-electron chi connectivity index (χ1n) is 7.86. The molecule has 2 heterocycles. The van der Waals surface area contributed by atoms with Crippen LogP contribution in [0.1, 0.15) is 42.2 Å². The number of carbonyl (C=O) groups is 1. The lowest BCUT2D eigenvalue weighted by Crippen LogP contribution is -2.37. The van der Waals surface area contributed by atoms with Crippen molar-refractivity contribution in [2.45, 2.75) is 43.9 Å². The van der Waals surface area contributed by atoms with Gasteiger partial charge in [-0.15, -0.1) is 5.10 Å². The number of aliphatic hydroxyl groups is 1. The second kappa shape index (κ2) is 6.72. The smallest absolute Gasteiger partial charge is 0.276 e. The molecule has 3 N–H and O–H groups in total. The van der Waals surface area contributed by atoms with Crippen molar-refractivity contribution < 1.29 is 14.6 Å². The van der Waals surface area contributed by atoms with E-state index in [4.69, 9.17) is 10.5 Å². The van der Waals surface area contributed by atoms with Crippen LogP contribution in [0.25, 0.3) is 0 Å². The van der Waals surface area contributed by atoms with Gasteiger partial charge in [0.1, 0.15) is 0 Å². The quantitative estimate of drug-likeness (QED) is 0.766. The number of aliphatic hydroxyl groups excluding tert-OH is 1. The highest BCUT2D eigenvalue weighted by molar-refractivity contribution is 5.92. The number of ether oxygens (including phenoxy) is 1. The fourth-order valence-corrected chi connectivity index (χ4v) is 3.06. The minimum absolute atomic E-state index is 0.205. The molecule has 0 radical (unpaired) electrons. The van der Waals surface area contributed by atoms with Gasteiger partial charge in [-0.05, 0) is 25.7 Å². The number of nitrogens with zero attached hydrogens (tertiary/aromatic N) is 4. The van der Waals surface area contributed by atoms with Crippen LogP contribution >= 0.6 is 0 Å². The van der Waals surface area contributed by atoms with Crippen molar-refractivity contribution in [3.63, 3.8) is 0 Å². The molecule has 1 saturated carbocycles. The van der Waals surface area contributed by atoms with Crippen molar-refractivity contribution in [1.29, 1.82) is 0 Å². The van der Waals surface area contributed by atoms with Crippen molar-refractivity contribution in [3.8, 4) is 0 Å². The van der Waals surface area contributed by atoms with Gasteiger partial charge in [-0.25, -0.2) is 4.68 Å². The first-order chi connectivity index (χ1) is 10.6. The van der Waals surface area contributed by atoms with E-state index in [9.17, 15) is 9.90 Å². The Morgan fingerprint density at radius 1 is 1.36 bits per heavy atom. The fraction of sp³-hybridized carbons (Fsp3) is 0.786. The van der Waals surface area contributed by atoms with Gasteiger partial charge in [-0.3, -0.25) is 4.79 Å². The summed E-state index contributed by atoms with van der Waals surface area (Å²) < 4.78 is 7.02. The predicted molar refractivity (Wildman–Crippen MR) is 78.2 cm³/mol. The average molecular weight is 309 g/mol. The normalized spacial score (nSPS) is 30.1. The van der Waals surface area contributed by atoms with Gasteiger partial charge >= 0.3 is 0 Å². The molecule has 122 valence electrons. The zero-order valence-electron chi connectivity index (χ0n) is 12.6. The topological polar surface area (TPSA) is 106 Å². The Balaban J connectivity index is 1.66. The van der Waals surface area contributed by atoms with Crippen LogP contribution in [-0.4, -0.2) is 69.4 Å². The number of hydrogen-bond donors (Lipinski definition) is 2. The number of amides is 1. The molecule has 3 rings (SSSR count). The molecular weight excluding hydrogens is 286 g/mol. The van der Waals surface area contributed by atoms with Crippen LogP contribution in [0, 0.1) is 0 Å². The van der Waals surface area contributed by atoms with E-state index in [1.54, 1.807) is 15.8 Å². The van der Waals surface area contributed by atoms with E-state index in [-0.39, 0.29) is 31.1 Å². The zero-order chi connectivity index (χ0) is 15.5. The number of rotatable bonds is 2. The van der Waals surface area contributed by atoms with Gasteiger partial charge in [0.05, 0.1) is 31.6 Å². The lowest BCUT2D eigenvalue weighted by atomic mass is 9.92. The third-order valence-corrected chi connectivity index (χ3v) is 4.38. The second-order valence-corrected chi connectivity index (χ2v) is 6.13. The maximum Gasteiger partial charge on any atom is 0.276 e. The Kier molecular flexibility index (Phi) is 4.70. The minimum atomic E-state index is -0.652. The van der Waals surface area contributed by atoms with Crippen LogP contribution in [0.3, 0.4) is 0 Å². The molecule has 0 spiro atoms. The van der Waals surface area contributed by atoms with Crippen molar-refractivity contribution in [1.82, 2.24) is 19.9 Å². The number of β-amino-alcohol motifs (C(OH)–C–C–N with tert-alkyl or cyclic N) is 1. The van der Waals surface area contributed by atoms with Crippen LogP contribution in [0.15, 0.2) is 6.20 Å². The summed E-state index contributed by atoms with van der Waals surface area (Å²) >= 11 is 0. The van der Waals surface area contributed by atoms with Crippen molar-refractivity contribution >= 4 is 5.91 Å². The molecule has 1 aliphatic carbocycles. The van der Waals surface area contributed by atoms with Gasteiger partial charge in [0.2, 0.25) is 0 Å². The minimum Gasteiger partial charge on any atom is -0.389 e. The van der Waals surface area contributed by atoms with Crippen LogP contribution in [-0.2, 0) is 4.74 Å². The average Bonchev–Trinajstić information content (AvgIpc) is 2.90. The molecule has 2 aliphatic rings. The molecule has 0 bridgehead atoms. The maximum absolute atomic E-state index is 12.5. The van der Waals surface area contributed by atoms with Gasteiger partial charge in [0.25, 0.3) is 5.91 Å². The number of aromatic nitrogens is 3. The first-order valence-corrected chi connectivity index (χ1v) is 7.86. The van der Waals surface area contributed by atoms with E-state index in [1.165, 1.54) is 0 Å². The Morgan fingerprint density at radius 3 is 2.91 bits per heavy atom. The molecule has 1 atom stereocenters. The van der Waals surface area contributed by atoms with Gasteiger partial charge in [0.15, 0.2) is 5.69 Å². The Hall–Kier alpha value is -1.51. The molecule has 1 saturated heterocycles. The lowest BCUT2D eigenvalue weighted by Gasteiger charge is -2.25. The van der Waals surface area contributed by atoms with Gasteiger partial charge in [-0.1, -0.05) is 5.21 Å². The largest absolute Gasteiger partial charge is 0.389 e. The number of carbonyl (C=O) groups excluding carboxylic acids is 1. The van der Waals surface area contributed by atoms with Crippen LogP contribution < -0.4 is 5.73 Å². The second-order valence-electron chi connectivity index (χ2n) is 6.13. The molecule has 1 aromatic heterocycles. The molecule has 1 amide bonds. The SMILES string of the molecule is NC1CCC(n2cc(C(=O)N3CCOC[C@@H](O)C3)nn2)CC1. The zero-order valence-corrected chi connectivity index (χ0v) is 12.6. The summed E-state index contributed by atoms with van der Waals surface area (Å²) in [4.78, 5) is 14.0. The third-order valence-electron chi connectivity index (χ3n) is 4.38. The van der Waals surface area contributed by atoms with Crippen molar-refractivity contribution in [3.05, 3.63) is 11.9 Å². The van der Waals surface area contributed by atoms with Crippen LogP contribution in [0.4, 0.5) is 0 Å². The van der Waals surface area contributed by atoms with Gasteiger partial charge in [-0.2, -0.15) is 0 Å². The molecule has 0 aromatic carbocycles. The summed E-state index contributed by atoms with van der Waals surface area (Å²) in [5, 5.41) is 17.8. The third kappa shape index (κ3) is 3.45. The van der Waals surface area contributed by atoms with Crippen LogP contribution in [0.5, 0.6) is 0 Å². The Morgan fingerprint density at radius 2 is 2.14 bits per heavy atom. The van der Waals surface area contributed by atoms with E-state index >= 15 is 0 Å². The molecule has 2 fully saturated rings. The van der Waals surface area contributed by atoms with E-state index in [0.717, 1.165) is 25.7 Å². The van der Waals surface area contributed by atoms with E-state index < -0.39 is 6.10 Å². The summed E-state index contributed by atoms with van der Waals surface area (Å²) in [6, 6.07) is 0.548. The molecule has 1 aromatic rings. The number of nitrogens with two attached hydrogens (primary N) is 1. The monoisotopic (exact) mass is 309 g/mol. The molecule has 8 nitrogen and oxygen atoms in total. The molecule has 22 heavy (non-hydrogen) atoms. The highest BCUT2D eigenvalue weighted by Crippen LogP contribution is 2.26. The Labute approximate surface area is 129 Å². The van der Waals surface area contributed by atoms with Crippen LogP contribution in [0.2, 0.25) is 0 Å². The van der Waals surface area contributed by atoms with E-state index in [2.05, 4.69) is 10.3 Å². The van der Waals surface area contributed by atoms with Gasteiger partial charge in [0, 0.05) is 19.1 Å². The highest BCUT2D eigenvalue weighted by atomic mass is 16.5. The van der Waals surface area contributed by atoms with Crippen molar-refractivity contribution in [2.24, 2.45) is 5.73 Å². The summed E-state index contributed by atoms with van der Waals surface area (Å²) in [6.07, 6.45) is 4.94. The summed E-state index contributed by atoms with van der Waals surface area (Å²) in [5.74, 6) is -0.205. The summed E-state index contributed by atoms with van der Waals surface area (Å²) in [7, 11) is 0. The van der Waals surface area contributed by atoms with Gasteiger partial charge < -0.3 is 20.5 Å². The summed E-state index contributed by atoms with van der Waals surface area (Å²) in [6.45, 7) is 1.42. The standard InChI is InChI=1S/C14H23N5O3/c15-10-1-3-11(4-2-10)19-8-13(16-17-19)14(21)18-5-6-22-9-12(20)7-18/h8,10-12,20H,1-7,9,15H2/t10?,11?,12-/m0/s1. The number of hydrogen-bond acceptors (Lipinski definition) is 6. The van der Waals surface area contributed by atoms with E-state index in [0.29, 0.717) is 18.8 Å². The van der Waals surface area contributed by atoms with E-state index in [1.807, 2.05) is 0 Å². The molecule has 0 unspecified atom stereocenters. The molecular formula is C14H23N5O3. The predicted octanol–water partition coefficient (Wildman–Crippen LogP) is -0.446. The first kappa shape index (κ1) is 15.4. The Bertz CT molecular complexity index is 512.